The average molecular weight is 250 g/mol. The Balaban J connectivity index is 5.71. The van der Waals surface area contributed by atoms with Gasteiger partial charge in [-0.15, -0.1) is 0 Å². The second-order valence-corrected chi connectivity index (χ2v) is 2.60. The lowest BCUT2D eigenvalue weighted by Crippen LogP contribution is -2.31. The molecule has 92 valence electrons. The van der Waals surface area contributed by atoms with Crippen molar-refractivity contribution in [2.75, 3.05) is 0 Å². The summed E-state index contributed by atoms with van der Waals surface area (Å²) in [5.74, 6) is -7.70. The Morgan fingerprint density at radius 1 is 0.938 bits per heavy atom. The number of alkyl halides is 6. The van der Waals surface area contributed by atoms with E-state index in [1.807, 2.05) is 0 Å². The number of halogens is 6. The third kappa shape index (κ3) is 3.24. The summed E-state index contributed by atoms with van der Waals surface area (Å²) in [6, 6.07) is 0. The third-order valence-corrected chi connectivity index (χ3v) is 1.34. The largest absolute Gasteiger partial charge is 0.504 e. The van der Waals surface area contributed by atoms with Gasteiger partial charge in [-0.2, -0.15) is 26.3 Å². The van der Waals surface area contributed by atoms with Crippen LogP contribution in [0.3, 0.4) is 0 Å². The highest BCUT2D eigenvalue weighted by Gasteiger charge is 2.48. The molecule has 0 atom stereocenters. The first kappa shape index (κ1) is 14.5. The normalized spacial score (nSPS) is 14.4. The van der Waals surface area contributed by atoms with Gasteiger partial charge in [-0.1, -0.05) is 0 Å². The molecule has 0 bridgehead atoms. The summed E-state index contributed by atoms with van der Waals surface area (Å²) < 4.78 is 70.9. The minimum absolute atomic E-state index is 0.306. The van der Waals surface area contributed by atoms with E-state index in [1.54, 1.807) is 0 Å². The smallest absolute Gasteiger partial charge is 0.455 e. The lowest BCUT2D eigenvalue weighted by atomic mass is 10.1. The summed E-state index contributed by atoms with van der Waals surface area (Å²) in [7, 11) is 0. The predicted molar refractivity (Wildman–Crippen MR) is 37.5 cm³/mol. The van der Waals surface area contributed by atoms with Crippen molar-refractivity contribution in [1.82, 2.24) is 0 Å². The second kappa shape index (κ2) is 4.14. The molecule has 0 rings (SSSR count). The molecule has 0 amide bonds. The van der Waals surface area contributed by atoms with Gasteiger partial charge in [-0.05, 0) is 6.92 Å². The number of carbonyl (C=O) groups excluding carboxylic acids is 2. The van der Waals surface area contributed by atoms with Crippen molar-refractivity contribution in [1.29, 1.82) is 0 Å². The molecule has 0 aliphatic rings. The highest BCUT2D eigenvalue weighted by Crippen LogP contribution is 2.30. The lowest BCUT2D eigenvalue weighted by Gasteiger charge is -2.11. The Labute approximate surface area is 84.3 Å². The van der Waals surface area contributed by atoms with Gasteiger partial charge in [-0.3, -0.25) is 9.59 Å². The number of hydrogen-bond acceptors (Lipinski definition) is 3. The second-order valence-electron chi connectivity index (χ2n) is 2.60. The molecular weight excluding hydrogens is 246 g/mol. The standard InChI is InChI=1S/C7H4F6O3/c1-2(14)3(4(15)6(8,9)10)5(16)7(11,12)13/h15H,1H3. The van der Waals surface area contributed by atoms with E-state index in [0.717, 1.165) is 0 Å². The van der Waals surface area contributed by atoms with Crippen molar-refractivity contribution in [3.8, 4) is 0 Å². The molecular formula is C7H4F6O3. The lowest BCUT2D eigenvalue weighted by molar-refractivity contribution is -0.169. The SMILES string of the molecule is CC(=O)C(C(=O)C(F)(F)F)=C(O)C(F)(F)F. The van der Waals surface area contributed by atoms with Crippen LogP contribution in [0, 0.1) is 0 Å². The summed E-state index contributed by atoms with van der Waals surface area (Å²) in [6.07, 6.45) is -11.3. The van der Waals surface area contributed by atoms with Gasteiger partial charge in [0, 0.05) is 0 Å². The Hall–Kier alpha value is -1.54. The molecule has 9 heteroatoms. The number of aliphatic hydroxyl groups is 1. The van der Waals surface area contributed by atoms with E-state index in [9.17, 15) is 35.9 Å². The number of Topliss-reactive ketones (excluding diaryl/α,β-unsaturated/α-hetero) is 2. The molecule has 16 heavy (non-hydrogen) atoms. The fourth-order valence-corrected chi connectivity index (χ4v) is 0.718. The minimum atomic E-state index is -5.67. The van der Waals surface area contributed by atoms with Gasteiger partial charge in [0.2, 0.25) is 5.76 Å². The maximum Gasteiger partial charge on any atom is 0.455 e. The molecule has 1 N–H and O–H groups in total. The molecule has 0 spiro atoms. The number of aliphatic hydroxyl groups excluding tert-OH is 1. The highest BCUT2D eigenvalue weighted by atomic mass is 19.4. The Kier molecular flexibility index (Phi) is 3.74. The van der Waals surface area contributed by atoms with Crippen LogP contribution in [0.5, 0.6) is 0 Å². The molecule has 0 heterocycles. The van der Waals surface area contributed by atoms with Crippen LogP contribution in [0.25, 0.3) is 0 Å². The van der Waals surface area contributed by atoms with E-state index >= 15 is 0 Å². The zero-order valence-electron chi connectivity index (χ0n) is 7.53. The van der Waals surface area contributed by atoms with Crippen molar-refractivity contribution < 1.29 is 41.0 Å². The van der Waals surface area contributed by atoms with E-state index in [-0.39, 0.29) is 0 Å². The van der Waals surface area contributed by atoms with Crippen molar-refractivity contribution in [2.24, 2.45) is 0 Å². The van der Waals surface area contributed by atoms with Gasteiger partial charge in [0.15, 0.2) is 5.78 Å². The molecule has 0 radical (unpaired) electrons. The minimum Gasteiger partial charge on any atom is -0.504 e. The Bertz CT molecular complexity index is 348. The van der Waals surface area contributed by atoms with Crippen LogP contribution in [0.4, 0.5) is 26.3 Å². The van der Waals surface area contributed by atoms with Gasteiger partial charge in [0.05, 0.1) is 0 Å². The van der Waals surface area contributed by atoms with Crippen molar-refractivity contribution in [3.05, 3.63) is 11.3 Å². The quantitative estimate of drug-likeness (QED) is 0.268. The summed E-state index contributed by atoms with van der Waals surface area (Å²) in [5, 5.41) is 8.36. The van der Waals surface area contributed by atoms with Crippen LogP contribution >= 0.6 is 0 Å². The summed E-state index contributed by atoms with van der Waals surface area (Å²) in [5.41, 5.74) is -2.32. The molecule has 0 aromatic rings. The van der Waals surface area contributed by atoms with Crippen LogP contribution in [-0.2, 0) is 9.59 Å². The predicted octanol–water partition coefficient (Wildman–Crippen LogP) is 2.08. The highest BCUT2D eigenvalue weighted by molar-refractivity contribution is 6.21. The van der Waals surface area contributed by atoms with E-state index in [4.69, 9.17) is 5.11 Å². The van der Waals surface area contributed by atoms with Crippen LogP contribution in [0.1, 0.15) is 6.92 Å². The fourth-order valence-electron chi connectivity index (χ4n) is 0.718. The van der Waals surface area contributed by atoms with E-state index in [0.29, 0.717) is 6.92 Å². The molecule has 3 nitrogen and oxygen atoms in total. The average Bonchev–Trinajstić information content (AvgIpc) is 1.99. The van der Waals surface area contributed by atoms with Crippen LogP contribution in [-0.4, -0.2) is 29.0 Å². The van der Waals surface area contributed by atoms with Gasteiger partial charge in [0.25, 0.3) is 5.78 Å². The first-order valence-electron chi connectivity index (χ1n) is 3.52. The molecule has 0 aliphatic heterocycles. The molecule has 0 unspecified atom stereocenters. The van der Waals surface area contributed by atoms with Gasteiger partial charge >= 0.3 is 12.4 Å². The van der Waals surface area contributed by atoms with Crippen molar-refractivity contribution in [2.45, 2.75) is 19.3 Å². The Morgan fingerprint density at radius 2 is 1.31 bits per heavy atom. The molecule has 0 saturated carbocycles. The Morgan fingerprint density at radius 3 is 1.50 bits per heavy atom. The van der Waals surface area contributed by atoms with Crippen LogP contribution < -0.4 is 0 Å². The van der Waals surface area contributed by atoms with E-state index in [2.05, 4.69) is 0 Å². The number of carbonyl (C=O) groups is 2. The van der Waals surface area contributed by atoms with Crippen LogP contribution in [0.2, 0.25) is 0 Å². The maximum absolute atomic E-state index is 11.8. The number of allylic oxidation sites excluding steroid dienone is 2. The summed E-state index contributed by atoms with van der Waals surface area (Å²) in [6.45, 7) is 0.306. The summed E-state index contributed by atoms with van der Waals surface area (Å²) in [4.78, 5) is 20.9. The number of hydrogen-bond donors (Lipinski definition) is 1. The fraction of sp³-hybridized carbons (Fsp3) is 0.429. The molecule has 0 aliphatic carbocycles. The van der Waals surface area contributed by atoms with Gasteiger partial charge < -0.3 is 5.11 Å². The topological polar surface area (TPSA) is 54.4 Å². The molecule has 0 aromatic heterocycles. The molecule has 0 fully saturated rings. The maximum atomic E-state index is 11.8. The van der Waals surface area contributed by atoms with Gasteiger partial charge in [-0.25, -0.2) is 0 Å². The third-order valence-electron chi connectivity index (χ3n) is 1.34. The first-order chi connectivity index (χ1) is 6.89. The zero-order valence-corrected chi connectivity index (χ0v) is 7.53. The van der Waals surface area contributed by atoms with E-state index in [1.165, 1.54) is 0 Å². The van der Waals surface area contributed by atoms with Crippen molar-refractivity contribution >= 4 is 11.6 Å². The monoisotopic (exact) mass is 250 g/mol. The van der Waals surface area contributed by atoms with Crippen molar-refractivity contribution in [3.63, 3.8) is 0 Å². The molecule has 0 saturated heterocycles. The number of ketones is 2. The van der Waals surface area contributed by atoms with E-state index < -0.39 is 35.3 Å². The first-order valence-corrected chi connectivity index (χ1v) is 3.52. The van der Waals surface area contributed by atoms with Crippen LogP contribution in [0.15, 0.2) is 11.3 Å². The molecule has 0 aromatic carbocycles. The summed E-state index contributed by atoms with van der Waals surface area (Å²) >= 11 is 0. The zero-order chi connectivity index (χ0) is 13.3. The van der Waals surface area contributed by atoms with Gasteiger partial charge in [0.1, 0.15) is 5.57 Å². The number of rotatable bonds is 2.